The van der Waals surface area contributed by atoms with Crippen LogP contribution in [0.3, 0.4) is 0 Å². The van der Waals surface area contributed by atoms with E-state index < -0.39 is 7.60 Å². The average molecular weight is 202 g/mol. The van der Waals surface area contributed by atoms with Crippen LogP contribution in [0.5, 0.6) is 0 Å². The summed E-state index contributed by atoms with van der Waals surface area (Å²) in [6, 6.07) is 0. The van der Waals surface area contributed by atoms with Crippen molar-refractivity contribution < 1.29 is 14.0 Å². The third-order valence-electron chi connectivity index (χ3n) is 1.34. The zero-order chi connectivity index (χ0) is 10.2. The first-order valence-corrected chi connectivity index (χ1v) is 5.91. The van der Waals surface area contributed by atoms with E-state index in [0.29, 0.717) is 6.42 Å². The largest absolute Gasteiger partial charge is 0.328 e. The van der Waals surface area contributed by atoms with Crippen LogP contribution in [0, 0.1) is 11.8 Å². The molecule has 0 saturated heterocycles. The van der Waals surface area contributed by atoms with Crippen molar-refractivity contribution in [2.24, 2.45) is 0 Å². The molecule has 0 bridgehead atoms. The van der Waals surface area contributed by atoms with E-state index in [1.807, 2.05) is 0 Å². The van der Waals surface area contributed by atoms with E-state index >= 15 is 0 Å². The third-order valence-corrected chi connectivity index (χ3v) is 2.67. The lowest BCUT2D eigenvalue weighted by molar-refractivity contribution is 0.292. The Morgan fingerprint density at radius 2 is 2.31 bits per heavy atom. The van der Waals surface area contributed by atoms with Crippen molar-refractivity contribution in [1.29, 1.82) is 0 Å². The molecule has 0 aliphatic heterocycles. The zero-order valence-corrected chi connectivity index (χ0v) is 8.72. The minimum atomic E-state index is -3.35. The Morgan fingerprint density at radius 1 is 1.62 bits per heavy atom. The molecule has 0 heterocycles. The van der Waals surface area contributed by atoms with Crippen LogP contribution in [0.25, 0.3) is 0 Å². The fourth-order valence-corrected chi connectivity index (χ4v) is 0.987. The van der Waals surface area contributed by atoms with Crippen LogP contribution in [-0.2, 0) is 9.09 Å². The molecule has 0 spiro atoms. The van der Waals surface area contributed by atoms with Crippen LogP contribution in [0.4, 0.5) is 0 Å². The highest BCUT2D eigenvalue weighted by molar-refractivity contribution is 7.52. The fourth-order valence-electron chi connectivity index (χ4n) is 0.538. The molecule has 0 amide bonds. The number of hydrogen-bond acceptors (Lipinski definition) is 2. The van der Waals surface area contributed by atoms with Crippen LogP contribution in [0.15, 0.2) is 12.7 Å². The van der Waals surface area contributed by atoms with Gasteiger partial charge in [-0.15, -0.1) is 12.5 Å². The van der Waals surface area contributed by atoms with Gasteiger partial charge in [-0.25, -0.2) is 0 Å². The van der Waals surface area contributed by atoms with Crippen LogP contribution in [-0.4, -0.2) is 17.7 Å². The molecule has 0 aromatic heterocycles. The van der Waals surface area contributed by atoms with Gasteiger partial charge in [0.15, 0.2) is 0 Å². The monoisotopic (exact) mass is 202 g/mol. The molecule has 4 heteroatoms. The van der Waals surface area contributed by atoms with Crippen molar-refractivity contribution in [2.75, 3.05) is 12.8 Å². The maximum absolute atomic E-state index is 10.9. The van der Waals surface area contributed by atoms with Crippen molar-refractivity contribution in [3.8, 4) is 11.8 Å². The SMILES string of the molecule is C=CCCC#CCOP(=O)(O)CC. The van der Waals surface area contributed by atoms with Gasteiger partial charge in [-0.3, -0.25) is 9.09 Å². The van der Waals surface area contributed by atoms with Crippen LogP contribution >= 0.6 is 7.60 Å². The van der Waals surface area contributed by atoms with E-state index in [-0.39, 0.29) is 12.8 Å². The number of rotatable bonds is 5. The predicted molar refractivity (Wildman–Crippen MR) is 53.5 cm³/mol. The second kappa shape index (κ2) is 6.91. The zero-order valence-electron chi connectivity index (χ0n) is 7.82. The highest BCUT2D eigenvalue weighted by atomic mass is 31.2. The van der Waals surface area contributed by atoms with Gasteiger partial charge in [0.1, 0.15) is 6.61 Å². The second-order valence-electron chi connectivity index (χ2n) is 2.41. The van der Waals surface area contributed by atoms with Crippen molar-refractivity contribution in [1.82, 2.24) is 0 Å². The summed E-state index contributed by atoms with van der Waals surface area (Å²) in [5.41, 5.74) is 0. The summed E-state index contributed by atoms with van der Waals surface area (Å²) in [4.78, 5) is 8.98. The smallest absolute Gasteiger partial charge is 0.324 e. The molecule has 0 aliphatic rings. The van der Waals surface area contributed by atoms with Crippen molar-refractivity contribution in [3.63, 3.8) is 0 Å². The summed E-state index contributed by atoms with van der Waals surface area (Å²) in [5, 5.41) is 0. The van der Waals surface area contributed by atoms with Gasteiger partial charge in [0, 0.05) is 12.6 Å². The van der Waals surface area contributed by atoms with E-state index in [1.165, 1.54) is 0 Å². The van der Waals surface area contributed by atoms with E-state index in [2.05, 4.69) is 22.9 Å². The van der Waals surface area contributed by atoms with E-state index in [1.54, 1.807) is 13.0 Å². The maximum Gasteiger partial charge on any atom is 0.328 e. The van der Waals surface area contributed by atoms with Crippen molar-refractivity contribution >= 4 is 7.60 Å². The quantitative estimate of drug-likeness (QED) is 0.321. The minimum Gasteiger partial charge on any atom is -0.324 e. The third kappa shape index (κ3) is 7.80. The Hall–Kier alpha value is -0.550. The van der Waals surface area contributed by atoms with Crippen molar-refractivity contribution in [3.05, 3.63) is 12.7 Å². The molecule has 3 nitrogen and oxygen atoms in total. The van der Waals surface area contributed by atoms with Gasteiger partial charge in [-0.2, -0.15) is 0 Å². The summed E-state index contributed by atoms with van der Waals surface area (Å²) in [6.07, 6.45) is 3.45. The molecule has 0 aromatic rings. The molecular formula is C9H15O3P. The Morgan fingerprint density at radius 3 is 2.85 bits per heavy atom. The first kappa shape index (κ1) is 12.4. The van der Waals surface area contributed by atoms with Crippen LogP contribution < -0.4 is 0 Å². The molecule has 74 valence electrons. The Labute approximate surface area is 79.3 Å². The number of unbranched alkanes of at least 4 members (excludes halogenated alkanes) is 1. The van der Waals surface area contributed by atoms with E-state index in [0.717, 1.165) is 6.42 Å². The second-order valence-corrected chi connectivity index (χ2v) is 4.57. The van der Waals surface area contributed by atoms with Gasteiger partial charge in [0.05, 0.1) is 0 Å². The van der Waals surface area contributed by atoms with Gasteiger partial charge in [-0.05, 0) is 6.42 Å². The minimum absolute atomic E-state index is 0.0265. The molecule has 0 saturated carbocycles. The van der Waals surface area contributed by atoms with Gasteiger partial charge >= 0.3 is 7.60 Å². The molecule has 0 fully saturated rings. The predicted octanol–water partition coefficient (Wildman–Crippen LogP) is 2.18. The maximum atomic E-state index is 10.9. The summed E-state index contributed by atoms with van der Waals surface area (Å²) in [5.74, 6) is 5.46. The molecule has 1 atom stereocenters. The molecule has 1 N–H and O–H groups in total. The highest BCUT2D eigenvalue weighted by Crippen LogP contribution is 2.40. The van der Waals surface area contributed by atoms with Gasteiger partial charge in [-0.1, -0.05) is 18.9 Å². The molecule has 0 radical (unpaired) electrons. The normalized spacial score (nSPS) is 14.0. The molecular weight excluding hydrogens is 187 g/mol. The first-order chi connectivity index (χ1) is 6.12. The van der Waals surface area contributed by atoms with E-state index in [4.69, 9.17) is 4.89 Å². The van der Waals surface area contributed by atoms with Crippen molar-refractivity contribution in [2.45, 2.75) is 19.8 Å². The number of allylic oxidation sites excluding steroid dienone is 1. The van der Waals surface area contributed by atoms with Gasteiger partial charge in [0.25, 0.3) is 0 Å². The molecule has 1 unspecified atom stereocenters. The first-order valence-electron chi connectivity index (χ1n) is 4.15. The Bertz CT molecular complexity index is 249. The topological polar surface area (TPSA) is 46.5 Å². The van der Waals surface area contributed by atoms with Gasteiger partial charge < -0.3 is 4.89 Å². The van der Waals surface area contributed by atoms with E-state index in [9.17, 15) is 4.57 Å². The fraction of sp³-hybridized carbons (Fsp3) is 0.556. The van der Waals surface area contributed by atoms with Gasteiger partial charge in [0.2, 0.25) is 0 Å². The Kier molecular flexibility index (Phi) is 6.62. The summed E-state index contributed by atoms with van der Waals surface area (Å²) in [7, 11) is -3.35. The average Bonchev–Trinajstić information content (AvgIpc) is 2.11. The Balaban J connectivity index is 3.58. The molecule has 0 rings (SSSR count). The highest BCUT2D eigenvalue weighted by Gasteiger charge is 2.13. The lowest BCUT2D eigenvalue weighted by Crippen LogP contribution is -1.91. The summed E-state index contributed by atoms with van der Waals surface area (Å²) in [6.45, 7) is 5.18. The molecule has 0 aliphatic carbocycles. The molecule has 0 aromatic carbocycles. The molecule has 13 heavy (non-hydrogen) atoms. The standard InChI is InChI=1S/C9H15O3P/c1-3-5-6-7-8-9-12-13(10,11)4-2/h3H,1,4-6,9H2,2H3,(H,10,11). The van der Waals surface area contributed by atoms with Crippen LogP contribution in [0.1, 0.15) is 19.8 Å². The number of hydrogen-bond donors (Lipinski definition) is 1. The van der Waals surface area contributed by atoms with Crippen LogP contribution in [0.2, 0.25) is 0 Å². The summed E-state index contributed by atoms with van der Waals surface area (Å²) >= 11 is 0. The summed E-state index contributed by atoms with van der Waals surface area (Å²) < 4.78 is 15.6. The lowest BCUT2D eigenvalue weighted by atomic mass is 10.3. The lowest BCUT2D eigenvalue weighted by Gasteiger charge is -2.05.